The number of rotatable bonds is 6. The molecule has 0 amide bonds. The third-order valence-corrected chi connectivity index (χ3v) is 4.22. The molecule has 2 unspecified atom stereocenters. The lowest BCUT2D eigenvalue weighted by molar-refractivity contribution is 0.277. The SMILES string of the molecule is CC(C)CC(CN(C)C)NC1CCCc2cc(O)ccc21. The van der Waals surface area contributed by atoms with E-state index >= 15 is 0 Å². The van der Waals surface area contributed by atoms with Crippen LogP contribution in [0.25, 0.3) is 0 Å². The molecule has 2 atom stereocenters. The maximum Gasteiger partial charge on any atom is 0.115 e. The van der Waals surface area contributed by atoms with Crippen molar-refractivity contribution in [2.45, 2.75) is 51.6 Å². The molecule has 0 heterocycles. The average molecular weight is 290 g/mol. The number of hydrogen-bond acceptors (Lipinski definition) is 3. The van der Waals surface area contributed by atoms with Gasteiger partial charge in [-0.3, -0.25) is 0 Å². The van der Waals surface area contributed by atoms with Gasteiger partial charge in [-0.05, 0) is 69.0 Å². The number of phenols is 1. The van der Waals surface area contributed by atoms with E-state index < -0.39 is 0 Å². The molecule has 0 spiro atoms. The van der Waals surface area contributed by atoms with Crippen molar-refractivity contribution in [3.63, 3.8) is 0 Å². The topological polar surface area (TPSA) is 35.5 Å². The Morgan fingerprint density at radius 1 is 1.33 bits per heavy atom. The largest absolute Gasteiger partial charge is 0.508 e. The van der Waals surface area contributed by atoms with Crippen LogP contribution in [0.1, 0.15) is 50.3 Å². The summed E-state index contributed by atoms with van der Waals surface area (Å²) >= 11 is 0. The Kier molecular flexibility index (Phi) is 5.65. The van der Waals surface area contributed by atoms with E-state index in [4.69, 9.17) is 0 Å². The van der Waals surface area contributed by atoms with Gasteiger partial charge < -0.3 is 15.3 Å². The molecule has 0 aromatic heterocycles. The normalized spacial score (nSPS) is 19.8. The van der Waals surface area contributed by atoms with Crippen LogP contribution in [0.4, 0.5) is 0 Å². The molecule has 3 nitrogen and oxygen atoms in total. The summed E-state index contributed by atoms with van der Waals surface area (Å²) in [5.74, 6) is 1.09. The van der Waals surface area contributed by atoms with Crippen molar-refractivity contribution in [3.05, 3.63) is 29.3 Å². The number of nitrogens with zero attached hydrogens (tertiary/aromatic N) is 1. The first-order valence-electron chi connectivity index (χ1n) is 8.18. The number of aromatic hydroxyl groups is 1. The van der Waals surface area contributed by atoms with Crippen molar-refractivity contribution in [2.24, 2.45) is 5.92 Å². The quantitative estimate of drug-likeness (QED) is 0.843. The molecule has 0 radical (unpaired) electrons. The second-order valence-electron chi connectivity index (χ2n) is 7.08. The first-order valence-corrected chi connectivity index (χ1v) is 8.18. The molecule has 0 aliphatic heterocycles. The van der Waals surface area contributed by atoms with Gasteiger partial charge in [0, 0.05) is 18.6 Å². The summed E-state index contributed by atoms with van der Waals surface area (Å²) in [5.41, 5.74) is 2.69. The minimum Gasteiger partial charge on any atom is -0.508 e. The Morgan fingerprint density at radius 2 is 2.10 bits per heavy atom. The van der Waals surface area contributed by atoms with Crippen molar-refractivity contribution in [1.29, 1.82) is 0 Å². The minimum absolute atomic E-state index is 0.390. The zero-order valence-corrected chi connectivity index (χ0v) is 13.9. The fourth-order valence-corrected chi connectivity index (χ4v) is 3.46. The third kappa shape index (κ3) is 4.72. The zero-order valence-electron chi connectivity index (χ0n) is 13.9. The summed E-state index contributed by atoms with van der Waals surface area (Å²) < 4.78 is 0. The number of hydrogen-bond donors (Lipinski definition) is 2. The van der Waals surface area contributed by atoms with Crippen molar-refractivity contribution >= 4 is 0 Å². The van der Waals surface area contributed by atoms with Gasteiger partial charge in [-0.2, -0.15) is 0 Å². The molecule has 2 rings (SSSR count). The molecule has 1 aromatic carbocycles. The van der Waals surface area contributed by atoms with Gasteiger partial charge in [0.15, 0.2) is 0 Å². The minimum atomic E-state index is 0.390. The second-order valence-corrected chi connectivity index (χ2v) is 7.08. The van der Waals surface area contributed by atoms with Crippen LogP contribution in [0.15, 0.2) is 18.2 Å². The lowest BCUT2D eigenvalue weighted by atomic mass is 9.86. The zero-order chi connectivity index (χ0) is 15.4. The van der Waals surface area contributed by atoms with Crippen LogP contribution in [0.2, 0.25) is 0 Å². The van der Waals surface area contributed by atoms with Crippen LogP contribution in [0.5, 0.6) is 5.75 Å². The smallest absolute Gasteiger partial charge is 0.115 e. The summed E-state index contributed by atoms with van der Waals surface area (Å²) in [5, 5.41) is 13.5. The second kappa shape index (κ2) is 7.28. The van der Waals surface area contributed by atoms with E-state index in [9.17, 15) is 5.11 Å². The molecule has 1 aliphatic rings. The predicted octanol–water partition coefficient (Wildman–Crippen LogP) is 3.34. The lowest BCUT2D eigenvalue weighted by Crippen LogP contribution is -2.42. The molecule has 0 saturated carbocycles. The summed E-state index contributed by atoms with van der Waals surface area (Å²) in [6.07, 6.45) is 4.68. The van der Waals surface area contributed by atoms with E-state index in [1.807, 2.05) is 12.1 Å². The number of aryl methyl sites for hydroxylation is 1. The first-order chi connectivity index (χ1) is 9.95. The first kappa shape index (κ1) is 16.3. The van der Waals surface area contributed by atoms with Gasteiger partial charge in [0.25, 0.3) is 0 Å². The van der Waals surface area contributed by atoms with Crippen LogP contribution in [-0.4, -0.2) is 36.7 Å². The van der Waals surface area contributed by atoms with Crippen LogP contribution in [0.3, 0.4) is 0 Å². The Balaban J connectivity index is 2.10. The molecule has 1 aliphatic carbocycles. The highest BCUT2D eigenvalue weighted by Gasteiger charge is 2.23. The van der Waals surface area contributed by atoms with E-state index in [1.165, 1.54) is 30.4 Å². The molecule has 0 saturated heterocycles. The molecule has 1 aromatic rings. The Morgan fingerprint density at radius 3 is 2.76 bits per heavy atom. The van der Waals surface area contributed by atoms with Crippen molar-refractivity contribution in [3.8, 4) is 5.75 Å². The van der Waals surface area contributed by atoms with Crippen LogP contribution in [-0.2, 0) is 6.42 Å². The summed E-state index contributed by atoms with van der Waals surface area (Å²) in [4.78, 5) is 2.26. The highest BCUT2D eigenvalue weighted by Crippen LogP contribution is 2.32. The van der Waals surface area contributed by atoms with E-state index in [0.717, 1.165) is 13.0 Å². The van der Waals surface area contributed by atoms with Gasteiger partial charge in [-0.15, -0.1) is 0 Å². The molecule has 21 heavy (non-hydrogen) atoms. The molecular formula is C18H30N2O. The van der Waals surface area contributed by atoms with Crippen LogP contribution < -0.4 is 5.32 Å². The van der Waals surface area contributed by atoms with Gasteiger partial charge in [-0.1, -0.05) is 19.9 Å². The Labute approximate surface area is 129 Å². The summed E-state index contributed by atoms with van der Waals surface area (Å²) in [7, 11) is 4.28. The number of likely N-dealkylation sites (N-methyl/N-ethyl adjacent to an activating group) is 1. The third-order valence-electron chi connectivity index (χ3n) is 4.22. The van der Waals surface area contributed by atoms with E-state index in [-0.39, 0.29) is 0 Å². The molecule has 2 N–H and O–H groups in total. The summed E-state index contributed by atoms with van der Waals surface area (Å²) in [6.45, 7) is 5.65. The monoisotopic (exact) mass is 290 g/mol. The highest BCUT2D eigenvalue weighted by molar-refractivity contribution is 5.38. The van der Waals surface area contributed by atoms with Crippen molar-refractivity contribution in [1.82, 2.24) is 10.2 Å². The number of phenolic OH excluding ortho intramolecular Hbond substituents is 1. The fraction of sp³-hybridized carbons (Fsp3) is 0.667. The average Bonchev–Trinajstić information content (AvgIpc) is 2.36. The Hall–Kier alpha value is -1.06. The maximum atomic E-state index is 9.67. The number of nitrogens with one attached hydrogen (secondary N) is 1. The lowest BCUT2D eigenvalue weighted by Gasteiger charge is -2.32. The summed E-state index contributed by atoms with van der Waals surface area (Å²) in [6, 6.07) is 6.81. The van der Waals surface area contributed by atoms with Gasteiger partial charge in [-0.25, -0.2) is 0 Å². The fourth-order valence-electron chi connectivity index (χ4n) is 3.46. The van der Waals surface area contributed by atoms with Gasteiger partial charge in [0.2, 0.25) is 0 Å². The number of fused-ring (bicyclic) bond motifs is 1. The standard InChI is InChI=1S/C18H30N2O/c1-13(2)10-15(12-20(3)4)19-18-7-5-6-14-11-16(21)8-9-17(14)18/h8-9,11,13,15,18-19,21H,5-7,10,12H2,1-4H3. The molecule has 0 fully saturated rings. The van der Waals surface area contributed by atoms with E-state index in [2.05, 4.69) is 44.2 Å². The predicted molar refractivity (Wildman–Crippen MR) is 88.7 cm³/mol. The molecule has 118 valence electrons. The highest BCUT2D eigenvalue weighted by atomic mass is 16.3. The van der Waals surface area contributed by atoms with Crippen LogP contribution >= 0.6 is 0 Å². The van der Waals surface area contributed by atoms with Crippen molar-refractivity contribution < 1.29 is 5.11 Å². The maximum absolute atomic E-state index is 9.67. The van der Waals surface area contributed by atoms with Crippen molar-refractivity contribution in [2.75, 3.05) is 20.6 Å². The molecule has 3 heteroatoms. The molecular weight excluding hydrogens is 260 g/mol. The van der Waals surface area contributed by atoms with Gasteiger partial charge in [0.1, 0.15) is 5.75 Å². The van der Waals surface area contributed by atoms with Gasteiger partial charge >= 0.3 is 0 Å². The van der Waals surface area contributed by atoms with Crippen LogP contribution in [0, 0.1) is 5.92 Å². The number of benzene rings is 1. The Bertz CT molecular complexity index is 447. The van der Waals surface area contributed by atoms with Gasteiger partial charge in [0.05, 0.1) is 0 Å². The molecule has 0 bridgehead atoms. The van der Waals surface area contributed by atoms with E-state index in [0.29, 0.717) is 23.8 Å². The van der Waals surface area contributed by atoms with E-state index in [1.54, 1.807) is 0 Å².